The van der Waals surface area contributed by atoms with Gasteiger partial charge in [0.2, 0.25) is 0 Å². The summed E-state index contributed by atoms with van der Waals surface area (Å²) in [6, 6.07) is 78.1. The van der Waals surface area contributed by atoms with E-state index in [1.807, 2.05) is 12.3 Å². The number of imidazole rings is 1. The van der Waals surface area contributed by atoms with E-state index >= 15 is 0 Å². The maximum absolute atomic E-state index is 6.81. The molecule has 328 valence electrons. The molecule has 5 heteroatoms. The number of hydrogen-bond donors (Lipinski definition) is 0. The van der Waals surface area contributed by atoms with E-state index in [2.05, 4.69) is 253 Å². The molecule has 0 saturated carbocycles. The standard InChI is InChI=1S/C64H46N4O/c1-64(2,3)44-34-35-65-63(37-44)68-59-27-14-13-26-56(59)57-32-30-48(40-61(57)68)69-47-19-15-18-45(38-47)67-41-66(60-33-28-43(36-62(60)67)42-16-5-4-6-17-42)46-29-31-55-53-24-10-9-22-51(53)49-20-7-8-21-50(49)52-23-11-12-25-54(52)58(55)39-46/h4-40H,1-3H3. The topological polar surface area (TPSA) is 35.9 Å². The second-order valence-electron chi connectivity index (χ2n) is 19.0. The summed E-state index contributed by atoms with van der Waals surface area (Å²) in [6.45, 7) is 6.71. The van der Waals surface area contributed by atoms with Crippen LogP contribution in [0.1, 0.15) is 26.3 Å². The van der Waals surface area contributed by atoms with Gasteiger partial charge in [-0.15, -0.1) is 0 Å². The first-order valence-corrected chi connectivity index (χ1v) is 23.6. The van der Waals surface area contributed by atoms with Gasteiger partial charge >= 0.3 is 0 Å². The summed E-state index contributed by atoms with van der Waals surface area (Å²) < 4.78 is 13.4. The van der Waals surface area contributed by atoms with Gasteiger partial charge in [-0.1, -0.05) is 166 Å². The summed E-state index contributed by atoms with van der Waals surface area (Å²) in [5.74, 6) is 2.35. The lowest BCUT2D eigenvalue weighted by atomic mass is 9.81. The molecule has 0 amide bonds. The van der Waals surface area contributed by atoms with Crippen LogP contribution in [0.15, 0.2) is 225 Å². The third-order valence-corrected chi connectivity index (χ3v) is 13.8. The van der Waals surface area contributed by atoms with E-state index in [4.69, 9.17) is 9.72 Å². The lowest BCUT2D eigenvalue weighted by Crippen LogP contribution is -2.29. The molecule has 1 aliphatic carbocycles. The van der Waals surface area contributed by atoms with Crippen molar-refractivity contribution in [2.24, 2.45) is 0 Å². The van der Waals surface area contributed by atoms with E-state index < -0.39 is 0 Å². The maximum atomic E-state index is 6.81. The van der Waals surface area contributed by atoms with Crippen LogP contribution in [-0.2, 0) is 5.41 Å². The predicted molar refractivity (Wildman–Crippen MR) is 282 cm³/mol. The molecule has 1 aliphatic rings. The van der Waals surface area contributed by atoms with Crippen molar-refractivity contribution >= 4 is 32.8 Å². The van der Waals surface area contributed by atoms with Crippen LogP contribution in [0.25, 0.3) is 106 Å². The Labute approximate surface area is 401 Å². The zero-order valence-electron chi connectivity index (χ0n) is 38.6. The highest BCUT2D eigenvalue weighted by molar-refractivity contribution is 6.09. The second kappa shape index (κ2) is 15.9. The van der Waals surface area contributed by atoms with Crippen molar-refractivity contribution in [3.05, 3.63) is 236 Å². The minimum atomic E-state index is -0.0211. The van der Waals surface area contributed by atoms with Crippen LogP contribution in [0.5, 0.6) is 11.5 Å². The number of para-hydroxylation sites is 1. The Morgan fingerprint density at radius 3 is 1.78 bits per heavy atom. The Morgan fingerprint density at radius 1 is 0.449 bits per heavy atom. The second-order valence-corrected chi connectivity index (χ2v) is 19.0. The van der Waals surface area contributed by atoms with Gasteiger partial charge in [0.15, 0.2) is 0 Å². The fourth-order valence-corrected chi connectivity index (χ4v) is 10.4. The first kappa shape index (κ1) is 40.5. The Balaban J connectivity index is 0.945. The average molecular weight is 887 g/mol. The molecular formula is C64H46N4O. The van der Waals surface area contributed by atoms with Crippen molar-refractivity contribution in [3.63, 3.8) is 0 Å². The fourth-order valence-electron chi connectivity index (χ4n) is 10.4. The molecule has 0 bridgehead atoms. The van der Waals surface area contributed by atoms with Crippen LogP contribution in [0.4, 0.5) is 0 Å². The molecule has 3 aromatic heterocycles. The first-order valence-electron chi connectivity index (χ1n) is 23.6. The average Bonchev–Trinajstić information content (AvgIpc) is 3.94. The number of pyridine rings is 1. The van der Waals surface area contributed by atoms with Crippen LogP contribution in [0.3, 0.4) is 0 Å². The van der Waals surface area contributed by atoms with Gasteiger partial charge in [-0.2, -0.15) is 0 Å². The minimum Gasteiger partial charge on any atom is -0.458 e. The molecule has 0 aliphatic heterocycles. The molecule has 0 fully saturated rings. The molecular weight excluding hydrogens is 841 g/mol. The van der Waals surface area contributed by atoms with E-state index in [0.717, 1.165) is 67.3 Å². The highest BCUT2D eigenvalue weighted by Gasteiger charge is 2.24. The number of hydrogen-bond acceptors (Lipinski definition) is 2. The number of aromatic nitrogens is 4. The van der Waals surface area contributed by atoms with Crippen LogP contribution in [-0.4, -0.2) is 14.1 Å². The van der Waals surface area contributed by atoms with Gasteiger partial charge in [0.25, 0.3) is 6.33 Å². The summed E-state index contributed by atoms with van der Waals surface area (Å²) in [5, 5.41) is 2.32. The lowest BCUT2D eigenvalue weighted by molar-refractivity contribution is -0.572. The highest BCUT2D eigenvalue weighted by Crippen LogP contribution is 2.48. The number of benzene rings is 9. The largest absolute Gasteiger partial charge is 0.458 e. The Bertz CT molecular complexity index is 3980. The monoisotopic (exact) mass is 886 g/mol. The van der Waals surface area contributed by atoms with Crippen molar-refractivity contribution in [2.45, 2.75) is 26.2 Å². The summed E-state index contributed by atoms with van der Waals surface area (Å²) in [7, 11) is 0. The summed E-state index contributed by atoms with van der Waals surface area (Å²) in [4.78, 5) is 4.90. The molecule has 0 spiro atoms. The summed E-state index contributed by atoms with van der Waals surface area (Å²) in [6.07, 6.45) is 5.75. The van der Waals surface area contributed by atoms with Gasteiger partial charge in [-0.25, -0.2) is 4.98 Å². The molecule has 69 heavy (non-hydrogen) atoms. The molecule has 0 unspecified atom stereocenters. The van der Waals surface area contributed by atoms with E-state index in [-0.39, 0.29) is 5.41 Å². The zero-order chi connectivity index (χ0) is 46.2. The van der Waals surface area contributed by atoms with Crippen molar-refractivity contribution in [3.8, 4) is 84.3 Å². The Morgan fingerprint density at radius 2 is 1.07 bits per heavy atom. The molecule has 0 saturated heterocycles. The quantitative estimate of drug-likeness (QED) is 0.123. The molecule has 5 nitrogen and oxygen atoms in total. The number of ether oxygens (including phenoxy) is 1. The van der Waals surface area contributed by atoms with Gasteiger partial charge in [-0.05, 0) is 133 Å². The van der Waals surface area contributed by atoms with Gasteiger partial charge in [-0.3, -0.25) is 13.7 Å². The number of rotatable bonds is 6. The minimum absolute atomic E-state index is 0.0211. The highest BCUT2D eigenvalue weighted by atomic mass is 16.5. The van der Waals surface area contributed by atoms with E-state index in [0.29, 0.717) is 0 Å². The number of fused-ring (bicyclic) bond motifs is 12. The molecule has 13 rings (SSSR count). The summed E-state index contributed by atoms with van der Waals surface area (Å²) >= 11 is 0. The van der Waals surface area contributed by atoms with E-state index in [1.54, 1.807) is 0 Å². The summed E-state index contributed by atoms with van der Waals surface area (Å²) in [5.41, 5.74) is 19.4. The molecule has 0 N–H and O–H groups in total. The van der Waals surface area contributed by atoms with Crippen LogP contribution in [0.2, 0.25) is 0 Å². The van der Waals surface area contributed by atoms with Gasteiger partial charge in [0.1, 0.15) is 17.3 Å². The van der Waals surface area contributed by atoms with Crippen LogP contribution >= 0.6 is 0 Å². The zero-order valence-corrected chi connectivity index (χ0v) is 38.6. The lowest BCUT2D eigenvalue weighted by Gasteiger charge is -2.23. The van der Waals surface area contributed by atoms with Crippen molar-refractivity contribution in [2.75, 3.05) is 0 Å². The molecule has 0 atom stereocenters. The molecule has 0 radical (unpaired) electrons. The molecule has 9 aromatic carbocycles. The van der Waals surface area contributed by atoms with Gasteiger partial charge in [0, 0.05) is 23.0 Å². The SMILES string of the molecule is CC(C)(C)c1ccnc(-n2c3ccccc3c3ccc(Oc4cccc(-n5[c-][n+](-c6ccc7c(c6)-c6ccccc6-c6ccccc6-c6ccccc6-7)c6ccc(-c7ccccc7)cc65)c4)cc32)c1. The van der Waals surface area contributed by atoms with E-state index in [9.17, 15) is 0 Å². The normalized spacial score (nSPS) is 12.0. The van der Waals surface area contributed by atoms with Crippen molar-refractivity contribution in [1.82, 2.24) is 14.1 Å². The third kappa shape index (κ3) is 6.85. The van der Waals surface area contributed by atoms with Crippen molar-refractivity contribution < 1.29 is 9.30 Å². The Kier molecular flexibility index (Phi) is 9.34. The predicted octanol–water partition coefficient (Wildman–Crippen LogP) is 15.9. The smallest absolute Gasteiger partial charge is 0.269 e. The molecule has 12 aromatic rings. The van der Waals surface area contributed by atoms with E-state index in [1.165, 1.54) is 55.5 Å². The van der Waals surface area contributed by atoms with Crippen LogP contribution < -0.4 is 9.30 Å². The maximum Gasteiger partial charge on any atom is 0.269 e. The van der Waals surface area contributed by atoms with Crippen molar-refractivity contribution in [1.29, 1.82) is 0 Å². The fraction of sp³-hybridized carbons (Fsp3) is 0.0625. The Hall–Kier alpha value is -8.80. The van der Waals surface area contributed by atoms with Gasteiger partial charge in [0.05, 0.1) is 33.4 Å². The van der Waals surface area contributed by atoms with Crippen LogP contribution in [0, 0.1) is 6.33 Å². The first-order chi connectivity index (χ1) is 33.8. The third-order valence-electron chi connectivity index (χ3n) is 13.8. The number of nitrogens with zero attached hydrogens (tertiary/aromatic N) is 4. The molecule has 3 heterocycles. The van der Waals surface area contributed by atoms with Gasteiger partial charge < -0.3 is 4.74 Å².